The van der Waals surface area contributed by atoms with Crippen LogP contribution in [0.4, 0.5) is 0 Å². The zero-order valence-electron chi connectivity index (χ0n) is 11.4. The molecule has 0 atom stereocenters. The first-order chi connectivity index (χ1) is 9.19. The van der Waals surface area contributed by atoms with Crippen molar-refractivity contribution >= 4 is 28.6 Å². The maximum Gasteiger partial charge on any atom is 0.191 e. The summed E-state index contributed by atoms with van der Waals surface area (Å²) in [5.41, 5.74) is 2.39. The molecular formula is C13H18N4S2. The normalized spacial score (nSPS) is 11.6. The molecule has 0 amide bonds. The van der Waals surface area contributed by atoms with E-state index < -0.39 is 0 Å². The minimum Gasteiger partial charge on any atom is -0.352 e. The van der Waals surface area contributed by atoms with Gasteiger partial charge in [0.25, 0.3) is 0 Å². The molecule has 0 fully saturated rings. The van der Waals surface area contributed by atoms with E-state index in [2.05, 4.69) is 44.4 Å². The van der Waals surface area contributed by atoms with Crippen LogP contribution in [0, 0.1) is 13.8 Å². The van der Waals surface area contributed by atoms with Crippen LogP contribution >= 0.6 is 22.7 Å². The SMILES string of the molecule is CN=C(NCc1nc(C)cs1)NCc1sccc1C. The fourth-order valence-electron chi connectivity index (χ4n) is 1.61. The van der Waals surface area contributed by atoms with E-state index in [4.69, 9.17) is 0 Å². The molecule has 0 aliphatic heterocycles. The number of aromatic nitrogens is 1. The topological polar surface area (TPSA) is 49.3 Å². The van der Waals surface area contributed by atoms with Crippen LogP contribution in [-0.4, -0.2) is 18.0 Å². The lowest BCUT2D eigenvalue weighted by Gasteiger charge is -2.10. The number of aryl methyl sites for hydroxylation is 2. The van der Waals surface area contributed by atoms with E-state index in [1.54, 1.807) is 29.7 Å². The lowest BCUT2D eigenvalue weighted by Crippen LogP contribution is -2.36. The van der Waals surface area contributed by atoms with Crippen molar-refractivity contribution in [1.29, 1.82) is 0 Å². The molecule has 2 N–H and O–H groups in total. The molecule has 2 heterocycles. The zero-order chi connectivity index (χ0) is 13.7. The molecular weight excluding hydrogens is 276 g/mol. The van der Waals surface area contributed by atoms with Gasteiger partial charge in [0.15, 0.2) is 5.96 Å². The molecule has 0 radical (unpaired) electrons. The Morgan fingerprint density at radius 3 is 2.63 bits per heavy atom. The van der Waals surface area contributed by atoms with Crippen LogP contribution in [0.3, 0.4) is 0 Å². The van der Waals surface area contributed by atoms with Crippen LogP contribution < -0.4 is 10.6 Å². The molecule has 0 spiro atoms. The van der Waals surface area contributed by atoms with Gasteiger partial charge in [0.1, 0.15) is 5.01 Å². The van der Waals surface area contributed by atoms with Crippen LogP contribution in [0.15, 0.2) is 21.8 Å². The Morgan fingerprint density at radius 2 is 2.05 bits per heavy atom. The number of thiazole rings is 1. The van der Waals surface area contributed by atoms with Crippen molar-refractivity contribution in [2.45, 2.75) is 26.9 Å². The van der Waals surface area contributed by atoms with E-state index in [0.717, 1.165) is 23.2 Å². The summed E-state index contributed by atoms with van der Waals surface area (Å²) in [6.45, 7) is 5.65. The van der Waals surface area contributed by atoms with E-state index >= 15 is 0 Å². The number of nitrogens with zero attached hydrogens (tertiary/aromatic N) is 2. The molecule has 2 aromatic heterocycles. The average Bonchev–Trinajstić information content (AvgIpc) is 2.99. The van der Waals surface area contributed by atoms with Gasteiger partial charge in [0.05, 0.1) is 13.1 Å². The number of rotatable bonds is 4. The summed E-state index contributed by atoms with van der Waals surface area (Å²) >= 11 is 3.43. The fraction of sp³-hybridized carbons (Fsp3) is 0.385. The predicted octanol–water partition coefficient (Wildman–Crippen LogP) is 2.69. The van der Waals surface area contributed by atoms with Crippen LogP contribution in [0.25, 0.3) is 0 Å². The Labute approximate surface area is 121 Å². The monoisotopic (exact) mass is 294 g/mol. The third-order valence-corrected chi connectivity index (χ3v) is 4.67. The van der Waals surface area contributed by atoms with Gasteiger partial charge in [-0.05, 0) is 30.9 Å². The molecule has 0 saturated heterocycles. The number of aliphatic imine (C=N–C) groups is 1. The van der Waals surface area contributed by atoms with E-state index in [-0.39, 0.29) is 0 Å². The lowest BCUT2D eigenvalue weighted by atomic mass is 10.3. The van der Waals surface area contributed by atoms with Crippen molar-refractivity contribution in [2.75, 3.05) is 7.05 Å². The summed E-state index contributed by atoms with van der Waals surface area (Å²) in [5, 5.41) is 11.8. The Hall–Kier alpha value is -1.40. The van der Waals surface area contributed by atoms with Crippen molar-refractivity contribution in [1.82, 2.24) is 15.6 Å². The first-order valence-electron chi connectivity index (χ1n) is 6.07. The third-order valence-electron chi connectivity index (χ3n) is 2.68. The lowest BCUT2D eigenvalue weighted by molar-refractivity contribution is 0.807. The molecule has 0 saturated carbocycles. The Bertz CT molecular complexity index is 556. The molecule has 102 valence electrons. The zero-order valence-corrected chi connectivity index (χ0v) is 13.0. The van der Waals surface area contributed by atoms with Crippen LogP contribution in [0.1, 0.15) is 21.1 Å². The van der Waals surface area contributed by atoms with Gasteiger partial charge < -0.3 is 10.6 Å². The van der Waals surface area contributed by atoms with Gasteiger partial charge in [0.2, 0.25) is 0 Å². The van der Waals surface area contributed by atoms with Crippen molar-refractivity contribution in [3.05, 3.63) is 38.0 Å². The largest absolute Gasteiger partial charge is 0.352 e. The number of guanidine groups is 1. The quantitative estimate of drug-likeness (QED) is 0.673. The number of nitrogens with one attached hydrogen (secondary N) is 2. The van der Waals surface area contributed by atoms with E-state index in [0.29, 0.717) is 6.54 Å². The van der Waals surface area contributed by atoms with Crippen molar-refractivity contribution < 1.29 is 0 Å². The number of thiophene rings is 1. The van der Waals surface area contributed by atoms with Crippen LogP contribution in [0.2, 0.25) is 0 Å². The third kappa shape index (κ3) is 4.04. The Morgan fingerprint density at radius 1 is 1.26 bits per heavy atom. The Kier molecular flexibility index (Phi) is 4.93. The van der Waals surface area contributed by atoms with Gasteiger partial charge in [-0.15, -0.1) is 22.7 Å². The fourth-order valence-corrected chi connectivity index (χ4v) is 3.17. The van der Waals surface area contributed by atoms with Crippen LogP contribution in [-0.2, 0) is 13.1 Å². The summed E-state index contributed by atoms with van der Waals surface area (Å²) in [4.78, 5) is 9.97. The first-order valence-corrected chi connectivity index (χ1v) is 7.83. The highest BCUT2D eigenvalue weighted by molar-refractivity contribution is 7.10. The molecule has 0 aliphatic carbocycles. The summed E-state index contributed by atoms with van der Waals surface area (Å²) in [5.74, 6) is 0.806. The van der Waals surface area contributed by atoms with Crippen molar-refractivity contribution in [3.63, 3.8) is 0 Å². The van der Waals surface area contributed by atoms with Gasteiger partial charge in [-0.25, -0.2) is 4.98 Å². The summed E-state index contributed by atoms with van der Waals surface area (Å²) in [7, 11) is 1.78. The number of hydrogen-bond donors (Lipinski definition) is 2. The van der Waals surface area contributed by atoms with E-state index in [1.165, 1.54) is 10.4 Å². The second-order valence-electron chi connectivity index (χ2n) is 4.19. The summed E-state index contributed by atoms with van der Waals surface area (Å²) < 4.78 is 0. The summed E-state index contributed by atoms with van der Waals surface area (Å²) in [6, 6.07) is 2.14. The van der Waals surface area contributed by atoms with E-state index in [9.17, 15) is 0 Å². The summed E-state index contributed by atoms with van der Waals surface area (Å²) in [6.07, 6.45) is 0. The molecule has 19 heavy (non-hydrogen) atoms. The van der Waals surface area contributed by atoms with Gasteiger partial charge in [-0.2, -0.15) is 0 Å². The van der Waals surface area contributed by atoms with Gasteiger partial charge >= 0.3 is 0 Å². The molecule has 2 rings (SSSR count). The minimum atomic E-state index is 0.710. The smallest absolute Gasteiger partial charge is 0.191 e. The van der Waals surface area contributed by atoms with Gasteiger partial charge in [0, 0.05) is 23.0 Å². The molecule has 0 aliphatic rings. The molecule has 6 heteroatoms. The van der Waals surface area contributed by atoms with Gasteiger partial charge in [-0.1, -0.05) is 0 Å². The molecule has 0 bridgehead atoms. The highest BCUT2D eigenvalue weighted by Gasteiger charge is 2.03. The minimum absolute atomic E-state index is 0.710. The number of hydrogen-bond acceptors (Lipinski definition) is 4. The maximum atomic E-state index is 4.42. The Balaban J connectivity index is 1.82. The maximum absolute atomic E-state index is 4.42. The highest BCUT2D eigenvalue weighted by Crippen LogP contribution is 2.14. The van der Waals surface area contributed by atoms with Crippen molar-refractivity contribution in [2.24, 2.45) is 4.99 Å². The van der Waals surface area contributed by atoms with Gasteiger partial charge in [-0.3, -0.25) is 4.99 Å². The van der Waals surface area contributed by atoms with Crippen molar-refractivity contribution in [3.8, 4) is 0 Å². The molecule has 2 aromatic rings. The second kappa shape index (κ2) is 6.68. The molecule has 0 aromatic carbocycles. The molecule has 4 nitrogen and oxygen atoms in total. The second-order valence-corrected chi connectivity index (χ2v) is 6.13. The standard InChI is InChI=1S/C13H18N4S2/c1-9-4-5-18-11(9)6-15-13(14-3)16-7-12-17-10(2)8-19-12/h4-5,8H,6-7H2,1-3H3,(H2,14,15,16). The van der Waals surface area contributed by atoms with Crippen LogP contribution in [0.5, 0.6) is 0 Å². The average molecular weight is 294 g/mol. The highest BCUT2D eigenvalue weighted by atomic mass is 32.1. The molecule has 0 unspecified atom stereocenters. The predicted molar refractivity (Wildman–Crippen MR) is 82.9 cm³/mol. The first kappa shape index (κ1) is 14.0. The van der Waals surface area contributed by atoms with E-state index in [1.807, 2.05) is 6.92 Å².